The smallest absolute Gasteiger partial charge is 0.221 e. The molecule has 1 aliphatic rings. The zero-order valence-electron chi connectivity index (χ0n) is 8.28. The minimum Gasteiger partial charge on any atom is -0.221 e. The van der Waals surface area contributed by atoms with Crippen LogP contribution >= 0.6 is 0 Å². The van der Waals surface area contributed by atoms with Crippen LogP contribution in [0.2, 0.25) is 0 Å². The zero-order valence-corrected chi connectivity index (χ0v) is 8.28. The van der Waals surface area contributed by atoms with Gasteiger partial charge >= 0.3 is 17.8 Å². The lowest BCUT2D eigenvalue weighted by Gasteiger charge is -2.45. The van der Waals surface area contributed by atoms with E-state index in [1.54, 1.807) is 0 Å². The van der Waals surface area contributed by atoms with E-state index in [0.717, 1.165) is 0 Å². The van der Waals surface area contributed by atoms with Crippen molar-refractivity contribution < 1.29 is 43.9 Å². The molecular weight excluding hydrogens is 298 g/mol. The topological polar surface area (TPSA) is 0 Å². The van der Waals surface area contributed by atoms with Crippen LogP contribution in [0.5, 0.6) is 0 Å². The molecule has 1 aromatic rings. The Morgan fingerprint density at radius 1 is 0.632 bits per heavy atom. The second-order valence-electron chi connectivity index (χ2n) is 3.74. The third-order valence-corrected chi connectivity index (χ3v) is 2.75. The summed E-state index contributed by atoms with van der Waals surface area (Å²) in [5.74, 6) is -16.7. The SMILES string of the molecule is Fc1c(F)c(F)c2c(c1F)C(F)(F)C2(F)C(F)(F)F. The molecule has 0 aromatic heterocycles. The first kappa shape index (κ1) is 13.9. The summed E-state index contributed by atoms with van der Waals surface area (Å²) in [6.45, 7) is 0. The molecule has 10 heteroatoms. The van der Waals surface area contributed by atoms with E-state index >= 15 is 0 Å². The van der Waals surface area contributed by atoms with Crippen molar-refractivity contribution in [1.82, 2.24) is 0 Å². The van der Waals surface area contributed by atoms with E-state index < -0.39 is 52.2 Å². The Morgan fingerprint density at radius 3 is 1.37 bits per heavy atom. The highest BCUT2D eigenvalue weighted by Gasteiger charge is 2.83. The largest absolute Gasteiger partial charge is 0.433 e. The van der Waals surface area contributed by atoms with Gasteiger partial charge in [0, 0.05) is 0 Å². The van der Waals surface area contributed by atoms with Crippen LogP contribution in [-0.2, 0) is 11.6 Å². The minimum absolute atomic E-state index is 2.47. The van der Waals surface area contributed by atoms with Crippen molar-refractivity contribution >= 4 is 0 Å². The molecular formula is C9F10. The maximum Gasteiger partial charge on any atom is 0.433 e. The van der Waals surface area contributed by atoms with Gasteiger partial charge in [-0.25, -0.2) is 22.0 Å². The van der Waals surface area contributed by atoms with Gasteiger partial charge in [0.2, 0.25) is 0 Å². The van der Waals surface area contributed by atoms with Crippen LogP contribution < -0.4 is 0 Å². The Morgan fingerprint density at radius 2 is 1.00 bits per heavy atom. The van der Waals surface area contributed by atoms with Crippen molar-refractivity contribution in [3.05, 3.63) is 34.4 Å². The molecule has 0 radical (unpaired) electrons. The molecule has 0 bridgehead atoms. The number of hydrogen-bond donors (Lipinski definition) is 0. The lowest BCUT2D eigenvalue weighted by Crippen LogP contribution is -2.60. The van der Waals surface area contributed by atoms with Gasteiger partial charge in [0.15, 0.2) is 23.3 Å². The molecule has 0 heterocycles. The summed E-state index contributed by atoms with van der Waals surface area (Å²) in [4.78, 5) is 0. The highest BCUT2D eigenvalue weighted by molar-refractivity contribution is 5.52. The summed E-state index contributed by atoms with van der Waals surface area (Å²) in [5, 5.41) is 0. The van der Waals surface area contributed by atoms with Crippen LogP contribution in [0.4, 0.5) is 43.9 Å². The summed E-state index contributed by atoms with van der Waals surface area (Å²) >= 11 is 0. The van der Waals surface area contributed by atoms with Crippen molar-refractivity contribution in [3.8, 4) is 0 Å². The molecule has 0 amide bonds. The zero-order chi connectivity index (χ0) is 15.0. The van der Waals surface area contributed by atoms with Gasteiger partial charge in [0.25, 0.3) is 0 Å². The molecule has 19 heavy (non-hydrogen) atoms. The second kappa shape index (κ2) is 3.34. The molecule has 106 valence electrons. The normalized spacial score (nSPS) is 24.9. The van der Waals surface area contributed by atoms with E-state index in [-0.39, 0.29) is 0 Å². The number of fused-ring (bicyclic) bond motifs is 1. The van der Waals surface area contributed by atoms with Crippen molar-refractivity contribution in [2.75, 3.05) is 0 Å². The predicted molar refractivity (Wildman–Crippen MR) is 39.0 cm³/mol. The van der Waals surface area contributed by atoms with Gasteiger partial charge < -0.3 is 0 Å². The van der Waals surface area contributed by atoms with Gasteiger partial charge in [0.05, 0.1) is 11.1 Å². The number of alkyl halides is 6. The molecule has 0 aliphatic heterocycles. The van der Waals surface area contributed by atoms with Crippen LogP contribution in [-0.4, -0.2) is 6.18 Å². The summed E-state index contributed by atoms with van der Waals surface area (Å²) < 4.78 is 127. The molecule has 0 saturated heterocycles. The molecule has 1 unspecified atom stereocenters. The number of rotatable bonds is 0. The van der Waals surface area contributed by atoms with Gasteiger partial charge in [-0.05, 0) is 0 Å². The number of halogens is 10. The van der Waals surface area contributed by atoms with Crippen LogP contribution in [0, 0.1) is 23.3 Å². The first-order valence-electron chi connectivity index (χ1n) is 4.39. The van der Waals surface area contributed by atoms with E-state index in [4.69, 9.17) is 0 Å². The average Bonchev–Trinajstić information content (AvgIpc) is 2.27. The Kier molecular flexibility index (Phi) is 2.45. The lowest BCUT2D eigenvalue weighted by molar-refractivity contribution is -0.336. The Labute approximate surface area is 97.2 Å². The highest BCUT2D eigenvalue weighted by Crippen LogP contribution is 2.67. The van der Waals surface area contributed by atoms with Crippen molar-refractivity contribution in [2.45, 2.75) is 17.8 Å². The molecule has 0 nitrogen and oxygen atoms in total. The first-order chi connectivity index (χ1) is 8.39. The van der Waals surface area contributed by atoms with Crippen LogP contribution in [0.1, 0.15) is 11.1 Å². The maximum absolute atomic E-state index is 13.4. The number of hydrogen-bond acceptors (Lipinski definition) is 0. The van der Waals surface area contributed by atoms with Gasteiger partial charge in [-0.2, -0.15) is 22.0 Å². The van der Waals surface area contributed by atoms with E-state index in [9.17, 15) is 43.9 Å². The third kappa shape index (κ3) is 1.26. The lowest BCUT2D eigenvalue weighted by atomic mass is 9.69. The molecule has 0 N–H and O–H groups in total. The Hall–Kier alpha value is -1.48. The summed E-state index contributed by atoms with van der Waals surface area (Å²) in [6.07, 6.45) is -6.33. The molecule has 1 atom stereocenters. The molecule has 0 spiro atoms. The van der Waals surface area contributed by atoms with Crippen molar-refractivity contribution in [3.63, 3.8) is 0 Å². The van der Waals surface area contributed by atoms with Crippen LogP contribution in [0.15, 0.2) is 0 Å². The maximum atomic E-state index is 13.4. The van der Waals surface area contributed by atoms with Gasteiger partial charge in [-0.3, -0.25) is 0 Å². The Balaban J connectivity index is 2.91. The van der Waals surface area contributed by atoms with Crippen molar-refractivity contribution in [2.24, 2.45) is 0 Å². The summed E-state index contributed by atoms with van der Waals surface area (Å²) in [7, 11) is 0. The molecule has 1 aliphatic carbocycles. The van der Waals surface area contributed by atoms with Crippen LogP contribution in [0.25, 0.3) is 0 Å². The van der Waals surface area contributed by atoms with Gasteiger partial charge in [-0.15, -0.1) is 0 Å². The second-order valence-corrected chi connectivity index (χ2v) is 3.74. The molecule has 0 fully saturated rings. The van der Waals surface area contributed by atoms with E-state index in [1.807, 2.05) is 0 Å². The third-order valence-electron chi connectivity index (χ3n) is 2.75. The van der Waals surface area contributed by atoms with E-state index in [1.165, 1.54) is 0 Å². The summed E-state index contributed by atoms with van der Waals surface area (Å²) in [6, 6.07) is 0. The van der Waals surface area contributed by atoms with E-state index in [2.05, 4.69) is 0 Å². The minimum atomic E-state index is -6.33. The van der Waals surface area contributed by atoms with Gasteiger partial charge in [-0.1, -0.05) is 0 Å². The highest BCUT2D eigenvalue weighted by atomic mass is 19.4. The molecule has 1 aromatic carbocycles. The first-order valence-corrected chi connectivity index (χ1v) is 4.39. The molecule has 0 saturated carbocycles. The average molecular weight is 298 g/mol. The molecule has 2 rings (SSSR count). The fourth-order valence-corrected chi connectivity index (χ4v) is 1.84. The standard InChI is InChI=1S/C9F10/c10-3-1-2(4(11)6(13)5(3)12)8(15,16)7(1,14)9(17,18)19. The fourth-order valence-electron chi connectivity index (χ4n) is 1.84. The van der Waals surface area contributed by atoms with Crippen LogP contribution in [0.3, 0.4) is 0 Å². The quantitative estimate of drug-likeness (QED) is 0.385. The fraction of sp³-hybridized carbons (Fsp3) is 0.333. The Bertz CT molecular complexity index is 572. The van der Waals surface area contributed by atoms with Crippen molar-refractivity contribution in [1.29, 1.82) is 0 Å². The monoisotopic (exact) mass is 298 g/mol. The van der Waals surface area contributed by atoms with E-state index in [0.29, 0.717) is 0 Å². The number of benzene rings is 1. The summed E-state index contributed by atoms with van der Waals surface area (Å²) in [5.41, 5.74) is -10.6. The predicted octanol–water partition coefficient (Wildman–Crippen LogP) is 4.08. The van der Waals surface area contributed by atoms with Gasteiger partial charge in [0.1, 0.15) is 0 Å².